The summed E-state index contributed by atoms with van der Waals surface area (Å²) < 4.78 is 13.8. The lowest BCUT2D eigenvalue weighted by atomic mass is 10.1. The van der Waals surface area contributed by atoms with Crippen molar-refractivity contribution in [3.63, 3.8) is 0 Å². The normalized spacial score (nSPS) is 10.5. The second-order valence-electron chi connectivity index (χ2n) is 3.67. The van der Waals surface area contributed by atoms with Crippen LogP contribution in [0.5, 0.6) is 0 Å². The number of hydrogen-bond acceptors (Lipinski definition) is 2. The summed E-state index contributed by atoms with van der Waals surface area (Å²) >= 11 is 1.47. The van der Waals surface area contributed by atoms with Crippen molar-refractivity contribution in [2.24, 2.45) is 0 Å². The van der Waals surface area contributed by atoms with Crippen LogP contribution in [0.15, 0.2) is 29.6 Å². The maximum absolute atomic E-state index is 13.8. The number of carboxylic acid groups (broad SMARTS) is 1. The molecule has 88 valence electrons. The van der Waals surface area contributed by atoms with E-state index in [2.05, 4.69) is 0 Å². The lowest BCUT2D eigenvalue weighted by Crippen LogP contribution is -1.97. The maximum atomic E-state index is 13.8. The molecule has 0 bridgehead atoms. The first-order chi connectivity index (χ1) is 8.11. The number of carboxylic acids is 1. The number of benzene rings is 1. The standard InChI is InChI=1S/C13H11FO2S/c1-2-8-5-12(17-7-8)10-4-3-9(13(15)16)6-11(10)14/h3-7H,2H2,1H3,(H,15,16). The number of aromatic carboxylic acids is 1. The van der Waals surface area contributed by atoms with Crippen molar-refractivity contribution in [2.45, 2.75) is 13.3 Å². The van der Waals surface area contributed by atoms with Gasteiger partial charge in [-0.25, -0.2) is 9.18 Å². The van der Waals surface area contributed by atoms with Gasteiger partial charge in [-0.15, -0.1) is 11.3 Å². The van der Waals surface area contributed by atoms with Gasteiger partial charge in [-0.1, -0.05) is 6.92 Å². The highest BCUT2D eigenvalue weighted by atomic mass is 32.1. The van der Waals surface area contributed by atoms with Gasteiger partial charge in [0, 0.05) is 10.4 Å². The first kappa shape index (κ1) is 11.8. The Morgan fingerprint density at radius 1 is 1.41 bits per heavy atom. The molecule has 17 heavy (non-hydrogen) atoms. The van der Waals surface area contributed by atoms with Crippen LogP contribution in [0.4, 0.5) is 4.39 Å². The molecule has 0 amide bonds. The quantitative estimate of drug-likeness (QED) is 0.899. The van der Waals surface area contributed by atoms with Crippen molar-refractivity contribution in [1.29, 1.82) is 0 Å². The van der Waals surface area contributed by atoms with Crippen LogP contribution in [0.25, 0.3) is 10.4 Å². The Bertz CT molecular complexity index is 560. The van der Waals surface area contributed by atoms with E-state index in [0.29, 0.717) is 5.56 Å². The predicted molar refractivity (Wildman–Crippen MR) is 66.1 cm³/mol. The first-order valence-corrected chi connectivity index (χ1v) is 6.10. The zero-order chi connectivity index (χ0) is 12.4. The number of rotatable bonds is 3. The average Bonchev–Trinajstić information content (AvgIpc) is 2.77. The van der Waals surface area contributed by atoms with Crippen LogP contribution >= 0.6 is 11.3 Å². The molecule has 1 aromatic carbocycles. The molecule has 0 radical (unpaired) electrons. The molecule has 2 nitrogen and oxygen atoms in total. The molecule has 0 fully saturated rings. The summed E-state index contributed by atoms with van der Waals surface area (Å²) in [5.74, 6) is -1.61. The zero-order valence-electron chi connectivity index (χ0n) is 9.24. The van der Waals surface area contributed by atoms with E-state index in [0.717, 1.165) is 22.9 Å². The van der Waals surface area contributed by atoms with E-state index in [1.807, 2.05) is 18.4 Å². The van der Waals surface area contributed by atoms with E-state index in [9.17, 15) is 9.18 Å². The highest BCUT2D eigenvalue weighted by Gasteiger charge is 2.11. The molecule has 1 heterocycles. The van der Waals surface area contributed by atoms with Crippen molar-refractivity contribution < 1.29 is 14.3 Å². The van der Waals surface area contributed by atoms with Crippen molar-refractivity contribution in [3.8, 4) is 10.4 Å². The van der Waals surface area contributed by atoms with Crippen molar-refractivity contribution in [1.82, 2.24) is 0 Å². The van der Waals surface area contributed by atoms with E-state index in [1.165, 1.54) is 23.5 Å². The fourth-order valence-electron chi connectivity index (χ4n) is 1.55. The van der Waals surface area contributed by atoms with Gasteiger partial charge in [-0.05, 0) is 41.6 Å². The van der Waals surface area contributed by atoms with Crippen LogP contribution in [0, 0.1) is 5.82 Å². The molecule has 0 aliphatic carbocycles. The van der Waals surface area contributed by atoms with E-state index in [4.69, 9.17) is 5.11 Å². The minimum Gasteiger partial charge on any atom is -0.478 e. The van der Waals surface area contributed by atoms with Crippen LogP contribution in [-0.4, -0.2) is 11.1 Å². The highest BCUT2D eigenvalue weighted by molar-refractivity contribution is 7.13. The van der Waals surface area contributed by atoms with E-state index in [-0.39, 0.29) is 5.56 Å². The molecule has 2 rings (SSSR count). The maximum Gasteiger partial charge on any atom is 0.335 e. The Hall–Kier alpha value is -1.68. The minimum absolute atomic E-state index is 0.0291. The van der Waals surface area contributed by atoms with Crippen LogP contribution in [-0.2, 0) is 6.42 Å². The molecule has 0 aliphatic rings. The number of thiophene rings is 1. The summed E-state index contributed by atoms with van der Waals surface area (Å²) in [6.45, 7) is 2.04. The number of carbonyl (C=O) groups is 1. The van der Waals surface area contributed by atoms with Gasteiger partial charge in [0.15, 0.2) is 0 Å². The smallest absolute Gasteiger partial charge is 0.335 e. The van der Waals surface area contributed by atoms with E-state index >= 15 is 0 Å². The number of aryl methyl sites for hydroxylation is 1. The second kappa shape index (κ2) is 4.67. The van der Waals surface area contributed by atoms with Crippen LogP contribution in [0.1, 0.15) is 22.8 Å². The lowest BCUT2D eigenvalue weighted by Gasteiger charge is -2.01. The fraction of sp³-hybridized carbons (Fsp3) is 0.154. The second-order valence-corrected chi connectivity index (χ2v) is 4.58. The molecule has 1 aromatic heterocycles. The monoisotopic (exact) mass is 250 g/mol. The lowest BCUT2D eigenvalue weighted by molar-refractivity contribution is 0.0696. The number of halogens is 1. The van der Waals surface area contributed by atoms with Gasteiger partial charge >= 0.3 is 5.97 Å². The largest absolute Gasteiger partial charge is 0.478 e. The predicted octanol–water partition coefficient (Wildman–Crippen LogP) is 3.81. The van der Waals surface area contributed by atoms with Gasteiger partial charge in [0.1, 0.15) is 5.82 Å². The molecule has 0 spiro atoms. The van der Waals surface area contributed by atoms with Crippen molar-refractivity contribution >= 4 is 17.3 Å². The van der Waals surface area contributed by atoms with Gasteiger partial charge in [0.2, 0.25) is 0 Å². The summed E-state index contributed by atoms with van der Waals surface area (Å²) in [7, 11) is 0. The molecule has 0 unspecified atom stereocenters. The van der Waals surface area contributed by atoms with Gasteiger partial charge in [0.05, 0.1) is 5.56 Å². The molecule has 0 aliphatic heterocycles. The summed E-state index contributed by atoms with van der Waals surface area (Å²) in [6, 6.07) is 5.93. The van der Waals surface area contributed by atoms with Gasteiger partial charge in [-0.2, -0.15) is 0 Å². The number of hydrogen-bond donors (Lipinski definition) is 1. The third-order valence-electron chi connectivity index (χ3n) is 2.54. The third kappa shape index (κ3) is 2.36. The first-order valence-electron chi connectivity index (χ1n) is 5.22. The highest BCUT2D eigenvalue weighted by Crippen LogP contribution is 2.30. The van der Waals surface area contributed by atoms with E-state index < -0.39 is 11.8 Å². The third-order valence-corrected chi connectivity index (χ3v) is 3.56. The molecule has 0 saturated heterocycles. The molecule has 1 N–H and O–H groups in total. The topological polar surface area (TPSA) is 37.3 Å². The minimum atomic E-state index is -1.11. The molecule has 0 saturated carbocycles. The molecule has 0 atom stereocenters. The Morgan fingerprint density at radius 2 is 2.18 bits per heavy atom. The van der Waals surface area contributed by atoms with E-state index in [1.54, 1.807) is 0 Å². The molecular weight excluding hydrogens is 239 g/mol. The van der Waals surface area contributed by atoms with Crippen molar-refractivity contribution in [2.75, 3.05) is 0 Å². The van der Waals surface area contributed by atoms with Crippen molar-refractivity contribution in [3.05, 3.63) is 46.6 Å². The SMILES string of the molecule is CCc1csc(-c2ccc(C(=O)O)cc2F)c1. The average molecular weight is 250 g/mol. The molecule has 2 aromatic rings. The van der Waals surface area contributed by atoms with Gasteiger partial charge in [0.25, 0.3) is 0 Å². The van der Waals surface area contributed by atoms with Gasteiger partial charge in [-0.3, -0.25) is 0 Å². The van der Waals surface area contributed by atoms with Crippen LogP contribution in [0.2, 0.25) is 0 Å². The Morgan fingerprint density at radius 3 is 2.71 bits per heavy atom. The molecular formula is C13H11FO2S. The summed E-state index contributed by atoms with van der Waals surface area (Å²) in [5, 5.41) is 10.7. The Labute approximate surface area is 102 Å². The summed E-state index contributed by atoms with van der Waals surface area (Å²) in [6.07, 6.45) is 0.908. The zero-order valence-corrected chi connectivity index (χ0v) is 10.1. The summed E-state index contributed by atoms with van der Waals surface area (Å²) in [5.41, 5.74) is 1.59. The Balaban J connectivity index is 2.42. The van der Waals surface area contributed by atoms with Crippen LogP contribution in [0.3, 0.4) is 0 Å². The summed E-state index contributed by atoms with van der Waals surface area (Å²) in [4.78, 5) is 11.5. The van der Waals surface area contributed by atoms with Gasteiger partial charge < -0.3 is 5.11 Å². The Kier molecular flexibility index (Phi) is 3.24. The fourth-order valence-corrected chi connectivity index (χ4v) is 2.58. The van der Waals surface area contributed by atoms with Crippen LogP contribution < -0.4 is 0 Å². The molecule has 4 heteroatoms.